The van der Waals surface area contributed by atoms with Crippen LogP contribution in [0.4, 0.5) is 0 Å². The van der Waals surface area contributed by atoms with Crippen molar-refractivity contribution >= 4 is 5.78 Å². The predicted molar refractivity (Wildman–Crippen MR) is 105 cm³/mol. The average Bonchev–Trinajstić information content (AvgIpc) is 2.89. The number of hydrogen-bond acceptors (Lipinski definition) is 2. The van der Waals surface area contributed by atoms with Gasteiger partial charge in [0.15, 0.2) is 12.2 Å². The molecular weight excluding hydrogens is 416 g/mol. The molecular formula is C23H25BrN2O2. The topological polar surface area (TPSA) is 35.1 Å². The van der Waals surface area contributed by atoms with E-state index in [0.29, 0.717) is 6.54 Å². The molecule has 0 atom stereocenters. The van der Waals surface area contributed by atoms with Gasteiger partial charge in [-0.3, -0.25) is 4.79 Å². The van der Waals surface area contributed by atoms with Gasteiger partial charge in [-0.2, -0.15) is 0 Å². The minimum atomic E-state index is 0. The van der Waals surface area contributed by atoms with Gasteiger partial charge in [0.25, 0.3) is 5.82 Å². The molecule has 2 heterocycles. The quantitative estimate of drug-likeness (QED) is 0.439. The summed E-state index contributed by atoms with van der Waals surface area (Å²) in [6, 6.07) is 17.8. The second-order valence-electron chi connectivity index (χ2n) is 7.04. The number of hydrogen-bond donors (Lipinski definition) is 0. The number of ketones is 1. The Labute approximate surface area is 176 Å². The molecule has 4 nitrogen and oxygen atoms in total. The normalized spacial score (nSPS) is 13.2. The van der Waals surface area contributed by atoms with Gasteiger partial charge in [0, 0.05) is 17.5 Å². The van der Waals surface area contributed by atoms with Gasteiger partial charge >= 0.3 is 0 Å². The molecule has 1 aliphatic heterocycles. The van der Waals surface area contributed by atoms with Crippen LogP contribution in [-0.2, 0) is 19.5 Å². The zero-order valence-electron chi connectivity index (χ0n) is 16.1. The van der Waals surface area contributed by atoms with E-state index in [-0.39, 0.29) is 22.8 Å². The maximum absolute atomic E-state index is 12.9. The van der Waals surface area contributed by atoms with Gasteiger partial charge in [0.05, 0.1) is 13.7 Å². The summed E-state index contributed by atoms with van der Waals surface area (Å²) in [5.41, 5.74) is 3.13. The molecule has 1 aromatic heterocycles. The summed E-state index contributed by atoms with van der Waals surface area (Å²) >= 11 is 0. The Bertz CT molecular complexity index is 933. The number of ether oxygens (including phenoxy) is 1. The molecule has 3 aromatic rings. The van der Waals surface area contributed by atoms with E-state index in [4.69, 9.17) is 4.74 Å². The smallest absolute Gasteiger partial charge is 0.257 e. The predicted octanol–water partition coefficient (Wildman–Crippen LogP) is 1.06. The Morgan fingerprint density at radius 2 is 1.79 bits per heavy atom. The zero-order valence-corrected chi connectivity index (χ0v) is 17.7. The van der Waals surface area contributed by atoms with Crippen LogP contribution in [0.15, 0.2) is 60.8 Å². The van der Waals surface area contributed by atoms with Crippen molar-refractivity contribution < 1.29 is 31.1 Å². The number of fused-ring (bicyclic) bond motifs is 1. The van der Waals surface area contributed by atoms with E-state index in [9.17, 15) is 4.79 Å². The van der Waals surface area contributed by atoms with Gasteiger partial charge < -0.3 is 21.7 Å². The van der Waals surface area contributed by atoms with E-state index in [1.165, 1.54) is 36.3 Å². The summed E-state index contributed by atoms with van der Waals surface area (Å²) in [6.07, 6.45) is 6.77. The highest BCUT2D eigenvalue weighted by Crippen LogP contribution is 2.24. The van der Waals surface area contributed by atoms with Crippen molar-refractivity contribution in [3.05, 3.63) is 72.2 Å². The first-order valence-corrected chi connectivity index (χ1v) is 9.61. The number of benzene rings is 2. The van der Waals surface area contributed by atoms with Crippen molar-refractivity contribution in [2.45, 2.75) is 38.8 Å². The van der Waals surface area contributed by atoms with E-state index >= 15 is 0 Å². The molecule has 0 radical (unpaired) electrons. The maximum Gasteiger partial charge on any atom is 0.257 e. The standard InChI is InChI=1S/C23H25N2O2.BrH/c1-27-20-13-11-19(12-14-20)22(26)17-24-16-21(18-8-4-2-5-9-18)25-15-7-3-6-10-23(24)25;/h2,4-5,8-9,11-14,16H,3,6-7,10,15,17H2,1H3;1H/q+1;/p-1. The molecule has 0 N–H and O–H groups in total. The van der Waals surface area contributed by atoms with Crippen LogP contribution >= 0.6 is 0 Å². The minimum Gasteiger partial charge on any atom is -1.00 e. The van der Waals surface area contributed by atoms with Crippen LogP contribution in [0.5, 0.6) is 5.75 Å². The van der Waals surface area contributed by atoms with Crippen molar-refractivity contribution in [2.75, 3.05) is 7.11 Å². The molecule has 146 valence electrons. The summed E-state index contributed by atoms with van der Waals surface area (Å²) in [7, 11) is 1.63. The number of carbonyl (C=O) groups excluding carboxylic acids is 1. The number of rotatable bonds is 5. The second kappa shape index (κ2) is 9.20. The number of halogens is 1. The molecule has 0 unspecified atom stereocenters. The molecule has 0 spiro atoms. The van der Waals surface area contributed by atoms with Crippen molar-refractivity contribution in [3.63, 3.8) is 0 Å². The van der Waals surface area contributed by atoms with Gasteiger partial charge in [-0.15, -0.1) is 0 Å². The molecule has 0 amide bonds. The fraction of sp³-hybridized carbons (Fsp3) is 0.304. The fourth-order valence-electron chi connectivity index (χ4n) is 3.84. The van der Waals surface area contributed by atoms with Crippen LogP contribution in [-0.4, -0.2) is 17.5 Å². The first-order chi connectivity index (χ1) is 13.3. The van der Waals surface area contributed by atoms with Gasteiger partial charge in [-0.1, -0.05) is 30.3 Å². The van der Waals surface area contributed by atoms with Crippen LogP contribution in [0, 0.1) is 0 Å². The third-order valence-corrected chi connectivity index (χ3v) is 5.29. The first kappa shape index (κ1) is 20.3. The maximum atomic E-state index is 12.9. The lowest BCUT2D eigenvalue weighted by molar-refractivity contribution is -0.690. The number of Topliss-reactive ketones (excluding diaryl/α,β-unsaturated/α-hetero) is 1. The van der Waals surface area contributed by atoms with Crippen LogP contribution in [0.1, 0.15) is 35.4 Å². The third-order valence-electron chi connectivity index (χ3n) is 5.29. The summed E-state index contributed by atoms with van der Waals surface area (Å²) in [5, 5.41) is 0. The Morgan fingerprint density at radius 3 is 2.50 bits per heavy atom. The Kier molecular flexibility index (Phi) is 6.68. The molecule has 0 fully saturated rings. The highest BCUT2D eigenvalue weighted by Gasteiger charge is 2.27. The summed E-state index contributed by atoms with van der Waals surface area (Å²) in [4.78, 5) is 12.9. The molecule has 0 saturated carbocycles. The van der Waals surface area contributed by atoms with E-state index in [1.807, 2.05) is 30.3 Å². The lowest BCUT2D eigenvalue weighted by Gasteiger charge is -2.04. The monoisotopic (exact) mass is 440 g/mol. The number of methoxy groups -OCH3 is 1. The van der Waals surface area contributed by atoms with Crippen LogP contribution in [0.25, 0.3) is 11.3 Å². The van der Waals surface area contributed by atoms with E-state index < -0.39 is 0 Å². The molecule has 0 bridgehead atoms. The van der Waals surface area contributed by atoms with Gasteiger partial charge in [0.2, 0.25) is 5.78 Å². The number of nitrogens with zero attached hydrogens (tertiary/aromatic N) is 2. The molecule has 4 rings (SSSR count). The minimum absolute atomic E-state index is 0. The average molecular weight is 441 g/mol. The molecule has 1 aliphatic rings. The van der Waals surface area contributed by atoms with E-state index in [0.717, 1.165) is 24.3 Å². The van der Waals surface area contributed by atoms with Crippen molar-refractivity contribution in [1.29, 1.82) is 0 Å². The van der Waals surface area contributed by atoms with Crippen LogP contribution in [0.3, 0.4) is 0 Å². The highest BCUT2D eigenvalue weighted by molar-refractivity contribution is 5.95. The summed E-state index contributed by atoms with van der Waals surface area (Å²) in [6.45, 7) is 1.39. The number of carbonyl (C=O) groups is 1. The highest BCUT2D eigenvalue weighted by atomic mass is 79.9. The SMILES string of the molecule is COc1ccc(C(=O)C[n+]2cc(-c3ccccc3)n3c2CCCCC3)cc1.[Br-]. The Hall–Kier alpha value is -2.40. The van der Waals surface area contributed by atoms with E-state index in [2.05, 4.69) is 39.6 Å². The second-order valence-corrected chi connectivity index (χ2v) is 7.04. The zero-order chi connectivity index (χ0) is 18.6. The Morgan fingerprint density at radius 1 is 1.04 bits per heavy atom. The van der Waals surface area contributed by atoms with Crippen molar-refractivity contribution in [3.8, 4) is 17.0 Å². The molecule has 28 heavy (non-hydrogen) atoms. The van der Waals surface area contributed by atoms with Crippen LogP contribution < -0.4 is 26.3 Å². The number of aromatic nitrogens is 2. The van der Waals surface area contributed by atoms with Gasteiger partial charge in [-0.05, 0) is 43.5 Å². The lowest BCUT2D eigenvalue weighted by atomic mass is 10.1. The Balaban J connectivity index is 0.00000225. The fourth-order valence-corrected chi connectivity index (χ4v) is 3.84. The van der Waals surface area contributed by atoms with Gasteiger partial charge in [-0.25, -0.2) is 9.13 Å². The largest absolute Gasteiger partial charge is 1.00 e. The number of imidazole rings is 1. The van der Waals surface area contributed by atoms with E-state index in [1.54, 1.807) is 7.11 Å². The summed E-state index contributed by atoms with van der Waals surface area (Å²) < 4.78 is 9.75. The van der Waals surface area contributed by atoms with Crippen molar-refractivity contribution in [1.82, 2.24) is 4.57 Å². The van der Waals surface area contributed by atoms with Gasteiger partial charge in [0.1, 0.15) is 11.9 Å². The molecule has 5 heteroatoms. The first-order valence-electron chi connectivity index (χ1n) is 9.61. The molecule has 2 aromatic carbocycles. The third kappa shape index (κ3) is 4.20. The lowest BCUT2D eigenvalue weighted by Crippen LogP contribution is -3.00. The molecule has 0 saturated heterocycles. The van der Waals surface area contributed by atoms with Crippen LogP contribution in [0.2, 0.25) is 0 Å². The molecule has 0 aliphatic carbocycles. The summed E-state index contributed by atoms with van der Waals surface area (Å²) in [5.74, 6) is 2.15. The van der Waals surface area contributed by atoms with Crippen molar-refractivity contribution in [2.24, 2.45) is 0 Å².